The summed E-state index contributed by atoms with van der Waals surface area (Å²) in [5, 5.41) is 8.34. The number of halogens is 2. The summed E-state index contributed by atoms with van der Waals surface area (Å²) < 4.78 is 26.1. The quantitative estimate of drug-likeness (QED) is 0.827. The molecule has 0 aliphatic heterocycles. The van der Waals surface area contributed by atoms with Crippen LogP contribution in [0.25, 0.3) is 0 Å². The Morgan fingerprint density at radius 3 is 2.79 bits per heavy atom. The van der Waals surface area contributed by atoms with Gasteiger partial charge in [-0.1, -0.05) is 0 Å². The van der Waals surface area contributed by atoms with Gasteiger partial charge in [-0.05, 0) is 30.9 Å². The lowest BCUT2D eigenvalue weighted by Gasteiger charge is -2.07. The molecule has 1 aliphatic carbocycles. The fraction of sp³-hybridized carbons (Fsp3) is 0.444. The lowest BCUT2D eigenvalue weighted by atomic mass is 10.2. The minimum absolute atomic E-state index is 0.338. The molecule has 2 nitrogen and oxygen atoms in total. The Morgan fingerprint density at radius 1 is 1.50 bits per heavy atom. The molecule has 0 aromatic carbocycles. The van der Waals surface area contributed by atoms with Gasteiger partial charge >= 0.3 is 11.9 Å². The highest BCUT2D eigenvalue weighted by Gasteiger charge is 2.43. The van der Waals surface area contributed by atoms with Crippen LogP contribution in [0.4, 0.5) is 8.78 Å². The Morgan fingerprint density at radius 2 is 2.21 bits per heavy atom. The van der Waals surface area contributed by atoms with E-state index in [0.29, 0.717) is 0 Å². The number of alkyl halides is 2. The molecular formula is C9H8F2O2S. The van der Waals surface area contributed by atoms with Gasteiger partial charge < -0.3 is 5.11 Å². The number of carbonyl (C=O) groups is 1. The zero-order chi connectivity index (χ0) is 10.3. The number of aryl methyl sites for hydroxylation is 2. The van der Waals surface area contributed by atoms with Crippen molar-refractivity contribution < 1.29 is 18.7 Å². The van der Waals surface area contributed by atoms with Crippen LogP contribution >= 0.6 is 11.3 Å². The fourth-order valence-corrected chi connectivity index (χ4v) is 2.81. The van der Waals surface area contributed by atoms with Crippen molar-refractivity contribution in [3.05, 3.63) is 21.4 Å². The van der Waals surface area contributed by atoms with Gasteiger partial charge in [0.2, 0.25) is 0 Å². The van der Waals surface area contributed by atoms with Crippen molar-refractivity contribution in [1.82, 2.24) is 0 Å². The van der Waals surface area contributed by atoms with Crippen molar-refractivity contribution in [2.24, 2.45) is 0 Å². The lowest BCUT2D eigenvalue weighted by molar-refractivity contribution is -0.165. The Balaban J connectivity index is 2.38. The number of rotatable bonds is 2. The van der Waals surface area contributed by atoms with E-state index >= 15 is 0 Å². The molecule has 76 valence electrons. The summed E-state index contributed by atoms with van der Waals surface area (Å²) in [5.74, 6) is -5.80. The molecule has 0 bridgehead atoms. The SMILES string of the molecule is O=C(O)C(F)(F)c1cc2c(s1)CCC2. The molecule has 14 heavy (non-hydrogen) atoms. The number of carboxylic acid groups (broad SMARTS) is 1. The molecule has 1 aromatic heterocycles. The van der Waals surface area contributed by atoms with Crippen LogP contribution in [0.5, 0.6) is 0 Å². The summed E-state index contributed by atoms with van der Waals surface area (Å²) in [6.07, 6.45) is 2.58. The molecule has 1 aliphatic rings. The van der Waals surface area contributed by atoms with E-state index in [-0.39, 0.29) is 4.88 Å². The van der Waals surface area contributed by atoms with E-state index in [1.54, 1.807) is 0 Å². The van der Waals surface area contributed by atoms with E-state index in [0.717, 1.165) is 41.0 Å². The van der Waals surface area contributed by atoms with Crippen LogP contribution in [0.1, 0.15) is 21.7 Å². The van der Waals surface area contributed by atoms with Gasteiger partial charge in [0.1, 0.15) is 0 Å². The maximum Gasteiger partial charge on any atom is 0.380 e. The smallest absolute Gasteiger partial charge is 0.380 e. The Hall–Kier alpha value is -0.970. The van der Waals surface area contributed by atoms with Crippen molar-refractivity contribution in [2.75, 3.05) is 0 Å². The molecule has 0 fully saturated rings. The molecule has 1 N–H and O–H groups in total. The van der Waals surface area contributed by atoms with Gasteiger partial charge in [0, 0.05) is 4.88 Å². The lowest BCUT2D eigenvalue weighted by Crippen LogP contribution is -2.23. The van der Waals surface area contributed by atoms with Gasteiger partial charge in [0.15, 0.2) is 0 Å². The Bertz CT molecular complexity index is 363. The second-order valence-electron chi connectivity index (χ2n) is 3.29. The summed E-state index contributed by atoms with van der Waals surface area (Å²) in [6.45, 7) is 0. The van der Waals surface area contributed by atoms with Crippen molar-refractivity contribution in [3.63, 3.8) is 0 Å². The monoisotopic (exact) mass is 218 g/mol. The molecule has 2 rings (SSSR count). The molecule has 5 heteroatoms. The average Bonchev–Trinajstić information content (AvgIpc) is 2.60. The summed E-state index contributed by atoms with van der Waals surface area (Å²) in [6, 6.07) is 1.33. The zero-order valence-electron chi connectivity index (χ0n) is 7.22. The van der Waals surface area contributed by atoms with Crippen LogP contribution in [0.15, 0.2) is 6.07 Å². The summed E-state index contributed by atoms with van der Waals surface area (Å²) >= 11 is 0.926. The standard InChI is InChI=1S/C9H8F2O2S/c10-9(11,8(12)13)7-4-5-2-1-3-6(5)14-7/h4H,1-3H2,(H,12,13). The van der Waals surface area contributed by atoms with Gasteiger partial charge in [-0.2, -0.15) is 8.78 Å². The second kappa shape index (κ2) is 3.02. The summed E-state index contributed by atoms with van der Waals surface area (Å²) in [4.78, 5) is 10.9. The van der Waals surface area contributed by atoms with Crippen LogP contribution in [0.2, 0.25) is 0 Å². The molecule has 0 amide bonds. The number of carboxylic acids is 1. The summed E-state index contributed by atoms with van der Waals surface area (Å²) in [5.41, 5.74) is 0.894. The number of thiophene rings is 1. The first-order valence-corrected chi connectivity index (χ1v) is 5.06. The highest BCUT2D eigenvalue weighted by Crippen LogP contribution is 2.39. The third-order valence-corrected chi connectivity index (χ3v) is 3.63. The Kier molecular flexibility index (Phi) is 2.06. The maximum atomic E-state index is 13.0. The van der Waals surface area contributed by atoms with E-state index in [4.69, 9.17) is 5.11 Å². The van der Waals surface area contributed by atoms with Gasteiger partial charge in [0.25, 0.3) is 0 Å². The van der Waals surface area contributed by atoms with Crippen LogP contribution in [-0.2, 0) is 23.6 Å². The second-order valence-corrected chi connectivity index (χ2v) is 4.43. The van der Waals surface area contributed by atoms with Gasteiger partial charge in [-0.25, -0.2) is 4.79 Å². The molecule has 1 aromatic rings. The van der Waals surface area contributed by atoms with Crippen molar-refractivity contribution >= 4 is 17.3 Å². The Labute approximate surface area is 83.2 Å². The predicted octanol–water partition coefficient (Wildman–Crippen LogP) is 2.41. The first-order chi connectivity index (χ1) is 6.51. The van der Waals surface area contributed by atoms with Gasteiger partial charge in [-0.15, -0.1) is 11.3 Å². The van der Waals surface area contributed by atoms with Crippen molar-refractivity contribution in [2.45, 2.75) is 25.2 Å². The molecule has 0 saturated carbocycles. The molecule has 1 heterocycles. The molecule has 0 saturated heterocycles. The molecule has 0 spiro atoms. The van der Waals surface area contributed by atoms with Gasteiger partial charge in [0.05, 0.1) is 4.88 Å². The number of fused-ring (bicyclic) bond motifs is 1. The van der Waals surface area contributed by atoms with Crippen LogP contribution in [-0.4, -0.2) is 11.1 Å². The highest BCUT2D eigenvalue weighted by atomic mass is 32.1. The van der Waals surface area contributed by atoms with E-state index < -0.39 is 11.9 Å². The molecule has 0 unspecified atom stereocenters. The number of hydrogen-bond acceptors (Lipinski definition) is 2. The summed E-state index contributed by atoms with van der Waals surface area (Å²) in [7, 11) is 0. The maximum absolute atomic E-state index is 13.0. The minimum atomic E-state index is -3.73. The topological polar surface area (TPSA) is 37.3 Å². The molecular weight excluding hydrogens is 210 g/mol. The normalized spacial score (nSPS) is 15.6. The van der Waals surface area contributed by atoms with Crippen LogP contribution in [0, 0.1) is 0 Å². The fourth-order valence-electron chi connectivity index (χ4n) is 1.59. The van der Waals surface area contributed by atoms with Gasteiger partial charge in [-0.3, -0.25) is 0 Å². The van der Waals surface area contributed by atoms with E-state index in [9.17, 15) is 13.6 Å². The van der Waals surface area contributed by atoms with Crippen molar-refractivity contribution in [1.29, 1.82) is 0 Å². The molecule has 0 radical (unpaired) electrons. The molecule has 0 atom stereocenters. The third-order valence-electron chi connectivity index (χ3n) is 2.32. The minimum Gasteiger partial charge on any atom is -0.477 e. The zero-order valence-corrected chi connectivity index (χ0v) is 8.03. The predicted molar refractivity (Wildman–Crippen MR) is 47.9 cm³/mol. The highest BCUT2D eigenvalue weighted by molar-refractivity contribution is 7.12. The first kappa shape index (κ1) is 9.58. The number of aliphatic carboxylic acids is 1. The van der Waals surface area contributed by atoms with Crippen molar-refractivity contribution in [3.8, 4) is 0 Å². The van der Waals surface area contributed by atoms with E-state index in [1.807, 2.05) is 0 Å². The van der Waals surface area contributed by atoms with E-state index in [1.165, 1.54) is 6.07 Å². The first-order valence-electron chi connectivity index (χ1n) is 4.25. The largest absolute Gasteiger partial charge is 0.477 e. The van der Waals surface area contributed by atoms with Crippen LogP contribution in [0.3, 0.4) is 0 Å². The third kappa shape index (κ3) is 1.32. The number of hydrogen-bond donors (Lipinski definition) is 1. The average molecular weight is 218 g/mol. The van der Waals surface area contributed by atoms with Crippen LogP contribution < -0.4 is 0 Å². The van der Waals surface area contributed by atoms with E-state index in [2.05, 4.69) is 0 Å².